The van der Waals surface area contributed by atoms with Crippen molar-refractivity contribution >= 4 is 23.5 Å². The zero-order chi connectivity index (χ0) is 23.8. The number of ether oxygens (including phenoxy) is 1. The van der Waals surface area contributed by atoms with Crippen LogP contribution in [0.4, 0.5) is 5.69 Å². The van der Waals surface area contributed by atoms with E-state index in [-0.39, 0.29) is 35.8 Å². The molecule has 1 unspecified atom stereocenters. The number of hydrogen-bond donors (Lipinski definition) is 6. The Labute approximate surface area is 185 Å². The lowest BCUT2D eigenvalue weighted by Crippen LogP contribution is -2.32. The van der Waals surface area contributed by atoms with Gasteiger partial charge >= 0.3 is 5.97 Å². The molecule has 1 aromatic carbocycles. The van der Waals surface area contributed by atoms with Crippen molar-refractivity contribution in [1.29, 1.82) is 0 Å². The first-order valence-corrected chi connectivity index (χ1v) is 10.1. The number of aliphatic hydroxyl groups is 4. The summed E-state index contributed by atoms with van der Waals surface area (Å²) < 4.78 is 5.45. The first kappa shape index (κ1) is 25.5. The molecule has 1 aliphatic heterocycles. The quantitative estimate of drug-likeness (QED) is 0.275. The molecule has 0 amide bonds. The number of carbonyl (C=O) groups excluding carboxylic acids is 2. The van der Waals surface area contributed by atoms with Crippen LogP contribution < -0.4 is 5.48 Å². The van der Waals surface area contributed by atoms with Crippen molar-refractivity contribution in [3.05, 3.63) is 41.5 Å². The summed E-state index contributed by atoms with van der Waals surface area (Å²) >= 11 is 0. The molecule has 0 saturated carbocycles. The fourth-order valence-corrected chi connectivity index (χ4v) is 2.83. The molecule has 176 valence electrons. The van der Waals surface area contributed by atoms with Gasteiger partial charge in [0.25, 0.3) is 0 Å². The van der Waals surface area contributed by atoms with Gasteiger partial charge in [0.2, 0.25) is 0 Å². The topological polar surface area (TPSA) is 166 Å². The third-order valence-corrected chi connectivity index (χ3v) is 4.96. The van der Waals surface area contributed by atoms with Crippen molar-refractivity contribution in [3.63, 3.8) is 0 Å². The lowest BCUT2D eigenvalue weighted by atomic mass is 9.99. The van der Waals surface area contributed by atoms with Crippen LogP contribution in [0.15, 0.2) is 30.4 Å². The second-order valence-electron chi connectivity index (χ2n) is 7.59. The number of aromatic hydroxyl groups is 1. The molecule has 0 saturated heterocycles. The van der Waals surface area contributed by atoms with E-state index in [9.17, 15) is 30.0 Å². The van der Waals surface area contributed by atoms with Crippen LogP contribution in [0.25, 0.3) is 6.08 Å². The SMILES string of the molecule is C[C@@H]1/C=C\C(=O)C(O)[C@@H](O)C/C=C/c2cc(NOC[C@H](O)CO)cc(O)c2C(=O)O[C@H]1C. The number of phenols is 1. The Morgan fingerprint density at radius 2 is 1.94 bits per heavy atom. The van der Waals surface area contributed by atoms with Crippen LogP contribution in [0.1, 0.15) is 36.2 Å². The number of anilines is 1. The molecule has 0 radical (unpaired) electrons. The Morgan fingerprint density at radius 3 is 2.62 bits per heavy atom. The summed E-state index contributed by atoms with van der Waals surface area (Å²) in [5.41, 5.74) is 2.85. The van der Waals surface area contributed by atoms with E-state index in [1.165, 1.54) is 30.4 Å². The monoisotopic (exact) mass is 451 g/mol. The van der Waals surface area contributed by atoms with E-state index in [2.05, 4.69) is 5.48 Å². The molecule has 0 bridgehead atoms. The molecule has 0 aliphatic carbocycles. The Hall–Kier alpha value is -2.76. The van der Waals surface area contributed by atoms with E-state index < -0.39 is 48.5 Å². The molecular weight excluding hydrogens is 422 g/mol. The summed E-state index contributed by atoms with van der Waals surface area (Å²) in [4.78, 5) is 29.9. The Morgan fingerprint density at radius 1 is 1.22 bits per heavy atom. The van der Waals surface area contributed by atoms with Gasteiger partial charge in [-0.05, 0) is 31.1 Å². The Balaban J connectivity index is 2.39. The molecule has 10 nitrogen and oxygen atoms in total. The third kappa shape index (κ3) is 6.87. The zero-order valence-corrected chi connectivity index (χ0v) is 17.8. The number of carbonyl (C=O) groups is 2. The van der Waals surface area contributed by atoms with Crippen molar-refractivity contribution in [2.24, 2.45) is 5.92 Å². The molecule has 1 heterocycles. The number of nitrogens with one attached hydrogen (secondary N) is 1. The van der Waals surface area contributed by atoms with E-state index in [1.54, 1.807) is 13.8 Å². The molecule has 10 heteroatoms. The molecule has 0 aromatic heterocycles. The van der Waals surface area contributed by atoms with Gasteiger partial charge < -0.3 is 30.3 Å². The average molecular weight is 451 g/mol. The van der Waals surface area contributed by atoms with E-state index in [4.69, 9.17) is 14.7 Å². The van der Waals surface area contributed by atoms with Crippen molar-refractivity contribution in [3.8, 4) is 5.75 Å². The van der Waals surface area contributed by atoms with E-state index in [1.807, 2.05) is 0 Å². The van der Waals surface area contributed by atoms with E-state index >= 15 is 0 Å². The zero-order valence-electron chi connectivity index (χ0n) is 17.8. The van der Waals surface area contributed by atoms with Crippen molar-refractivity contribution in [2.75, 3.05) is 18.7 Å². The number of phenolic OH excluding ortho intramolecular Hbond substituents is 1. The maximum absolute atomic E-state index is 12.8. The van der Waals surface area contributed by atoms with Crippen LogP contribution in [-0.4, -0.2) is 74.9 Å². The van der Waals surface area contributed by atoms with Crippen molar-refractivity contribution in [1.82, 2.24) is 0 Å². The highest BCUT2D eigenvalue weighted by molar-refractivity contribution is 5.97. The van der Waals surface area contributed by atoms with Gasteiger partial charge in [-0.1, -0.05) is 25.2 Å². The molecule has 1 aliphatic rings. The minimum atomic E-state index is -1.61. The van der Waals surface area contributed by atoms with Gasteiger partial charge in [0.15, 0.2) is 5.78 Å². The summed E-state index contributed by atoms with van der Waals surface area (Å²) in [5.74, 6) is -2.24. The second-order valence-corrected chi connectivity index (χ2v) is 7.59. The van der Waals surface area contributed by atoms with Gasteiger partial charge in [-0.25, -0.2) is 4.79 Å². The summed E-state index contributed by atoms with van der Waals surface area (Å²) in [6.45, 7) is 2.61. The maximum atomic E-state index is 12.8. The van der Waals surface area contributed by atoms with Crippen molar-refractivity contribution < 1.29 is 44.7 Å². The first-order chi connectivity index (χ1) is 15.1. The van der Waals surface area contributed by atoms with Gasteiger partial charge in [-0.15, -0.1) is 0 Å². The number of aliphatic hydroxyl groups excluding tert-OH is 4. The smallest absolute Gasteiger partial charge is 0.342 e. The Kier molecular flexibility index (Phi) is 9.36. The molecule has 0 spiro atoms. The Bertz CT molecular complexity index is 867. The predicted octanol–water partition coefficient (Wildman–Crippen LogP) is 0.534. The molecule has 0 fully saturated rings. The number of fused-ring (bicyclic) bond motifs is 1. The lowest BCUT2D eigenvalue weighted by Gasteiger charge is -2.20. The number of benzene rings is 1. The van der Waals surface area contributed by atoms with Crippen molar-refractivity contribution in [2.45, 2.75) is 44.7 Å². The van der Waals surface area contributed by atoms with E-state index in [0.717, 1.165) is 6.08 Å². The van der Waals surface area contributed by atoms with Crippen LogP contribution in [-0.2, 0) is 14.4 Å². The lowest BCUT2D eigenvalue weighted by molar-refractivity contribution is -0.127. The highest BCUT2D eigenvalue weighted by Gasteiger charge is 2.25. The predicted molar refractivity (Wildman–Crippen MR) is 115 cm³/mol. The van der Waals surface area contributed by atoms with Crippen LogP contribution in [0.2, 0.25) is 0 Å². The number of esters is 1. The third-order valence-electron chi connectivity index (χ3n) is 4.96. The first-order valence-electron chi connectivity index (χ1n) is 10.1. The normalized spacial score (nSPS) is 27.6. The summed E-state index contributed by atoms with van der Waals surface area (Å²) in [7, 11) is 0. The fourth-order valence-electron chi connectivity index (χ4n) is 2.83. The van der Waals surface area contributed by atoms with Crippen LogP contribution in [0, 0.1) is 5.92 Å². The minimum Gasteiger partial charge on any atom is -0.507 e. The highest BCUT2D eigenvalue weighted by atomic mass is 16.6. The van der Waals surface area contributed by atoms with Gasteiger partial charge in [-0.2, -0.15) is 0 Å². The van der Waals surface area contributed by atoms with Crippen LogP contribution >= 0.6 is 0 Å². The van der Waals surface area contributed by atoms with Crippen LogP contribution in [0.3, 0.4) is 0 Å². The summed E-state index contributed by atoms with van der Waals surface area (Å²) in [6.07, 6.45) is 0.654. The molecular formula is C22H29NO9. The molecule has 5 atom stereocenters. The highest BCUT2D eigenvalue weighted by Crippen LogP contribution is 2.30. The maximum Gasteiger partial charge on any atom is 0.342 e. The molecule has 32 heavy (non-hydrogen) atoms. The number of rotatable bonds is 5. The number of hydrogen-bond acceptors (Lipinski definition) is 10. The van der Waals surface area contributed by atoms with Crippen LogP contribution in [0.5, 0.6) is 5.75 Å². The molecule has 1 aromatic rings. The van der Waals surface area contributed by atoms with Gasteiger partial charge in [-0.3, -0.25) is 15.1 Å². The minimum absolute atomic E-state index is 0.0984. The average Bonchev–Trinajstić information content (AvgIpc) is 2.75. The fraction of sp³-hybridized carbons (Fsp3) is 0.455. The summed E-state index contributed by atoms with van der Waals surface area (Å²) in [5, 5.41) is 48.8. The second kappa shape index (κ2) is 11.7. The van der Waals surface area contributed by atoms with E-state index in [0.29, 0.717) is 0 Å². The van der Waals surface area contributed by atoms with Gasteiger partial charge in [0.1, 0.15) is 36.2 Å². The molecule has 2 rings (SSSR count). The standard InChI is InChI=1S/C22H29NO9/c1-12-6-7-18(27)21(29)17(26)5-3-4-14-8-15(23-31-11-16(25)10-24)9-19(28)20(14)22(30)32-13(12)2/h3-4,6-9,12-13,16-17,21,23-26,28-29H,5,10-11H2,1-2H3/b4-3+,7-6-/t12-,13+,16-,17+,21?/m1/s1. The summed E-state index contributed by atoms with van der Waals surface area (Å²) in [6, 6.07) is 2.69. The van der Waals surface area contributed by atoms with Gasteiger partial charge in [0, 0.05) is 12.0 Å². The number of ketones is 1. The van der Waals surface area contributed by atoms with Gasteiger partial charge in [0.05, 0.1) is 18.4 Å². The number of cyclic esters (lactones) is 1. The molecule has 6 N–H and O–H groups in total. The largest absolute Gasteiger partial charge is 0.507 e.